The van der Waals surface area contributed by atoms with Crippen LogP contribution in [0.25, 0.3) is 0 Å². The van der Waals surface area contributed by atoms with Gasteiger partial charge in [0, 0.05) is 11.6 Å². The van der Waals surface area contributed by atoms with Crippen LogP contribution in [0.3, 0.4) is 0 Å². The zero-order valence-electron chi connectivity index (χ0n) is 8.34. The average molecular weight is 227 g/mol. The molecule has 0 bridgehead atoms. The molecule has 5 heteroatoms. The van der Waals surface area contributed by atoms with Crippen LogP contribution in [0.1, 0.15) is 6.92 Å². The van der Waals surface area contributed by atoms with E-state index in [1.54, 1.807) is 19.1 Å². The van der Waals surface area contributed by atoms with Gasteiger partial charge in [-0.15, -0.1) is 0 Å². The van der Waals surface area contributed by atoms with Crippen LogP contribution in [-0.2, 0) is 15.9 Å². The third kappa shape index (κ3) is 4.22. The van der Waals surface area contributed by atoms with Gasteiger partial charge in [0.1, 0.15) is 0 Å². The van der Waals surface area contributed by atoms with Gasteiger partial charge in [-0.3, -0.25) is 4.79 Å². The van der Waals surface area contributed by atoms with Crippen molar-refractivity contribution in [3.63, 3.8) is 0 Å². The van der Waals surface area contributed by atoms with Crippen molar-refractivity contribution in [2.24, 2.45) is 5.92 Å². The van der Waals surface area contributed by atoms with E-state index in [0.29, 0.717) is 5.69 Å². The summed E-state index contributed by atoms with van der Waals surface area (Å²) in [4.78, 5) is 11.5. The molecule has 15 heavy (non-hydrogen) atoms. The summed E-state index contributed by atoms with van der Waals surface area (Å²) in [5, 5.41) is 2.66. The number of benzene rings is 1. The van der Waals surface area contributed by atoms with Gasteiger partial charge in [-0.25, -0.2) is 4.21 Å². The molecule has 1 rings (SSSR count). The molecule has 0 saturated carbocycles. The average Bonchev–Trinajstić information content (AvgIpc) is 2.18. The Morgan fingerprint density at radius 1 is 1.47 bits per heavy atom. The van der Waals surface area contributed by atoms with E-state index < -0.39 is 17.0 Å². The lowest BCUT2D eigenvalue weighted by molar-refractivity contribution is -0.118. The van der Waals surface area contributed by atoms with Crippen molar-refractivity contribution < 1.29 is 13.6 Å². The Morgan fingerprint density at radius 3 is 2.60 bits per heavy atom. The largest absolute Gasteiger partial charge is 0.326 e. The minimum Gasteiger partial charge on any atom is -0.326 e. The van der Waals surface area contributed by atoms with Gasteiger partial charge in [0.2, 0.25) is 5.91 Å². The number of carbonyl (C=O) groups excluding carboxylic acids is 1. The number of carbonyl (C=O) groups is 1. The SMILES string of the molecule is C[C@H](CS(=O)O)C(=O)Nc1ccccc1. The molecular formula is C10H13NO3S. The van der Waals surface area contributed by atoms with Crippen molar-refractivity contribution in [2.45, 2.75) is 6.92 Å². The summed E-state index contributed by atoms with van der Waals surface area (Å²) >= 11 is -1.94. The monoisotopic (exact) mass is 227 g/mol. The summed E-state index contributed by atoms with van der Waals surface area (Å²) in [6, 6.07) is 9.00. The molecule has 1 aromatic rings. The molecule has 82 valence electrons. The molecule has 0 aliphatic heterocycles. The Morgan fingerprint density at radius 2 is 2.07 bits per heavy atom. The summed E-state index contributed by atoms with van der Waals surface area (Å²) in [7, 11) is 0. The molecule has 2 N–H and O–H groups in total. The molecule has 0 aromatic heterocycles. The lowest BCUT2D eigenvalue weighted by Crippen LogP contribution is -2.24. The molecule has 1 unspecified atom stereocenters. The van der Waals surface area contributed by atoms with E-state index in [-0.39, 0.29) is 11.7 Å². The number of nitrogens with one attached hydrogen (secondary N) is 1. The van der Waals surface area contributed by atoms with Crippen LogP contribution in [0.5, 0.6) is 0 Å². The van der Waals surface area contributed by atoms with E-state index in [4.69, 9.17) is 4.55 Å². The topological polar surface area (TPSA) is 66.4 Å². The van der Waals surface area contributed by atoms with Crippen LogP contribution in [-0.4, -0.2) is 20.4 Å². The first-order valence-electron chi connectivity index (χ1n) is 4.53. The molecule has 0 radical (unpaired) electrons. The number of hydrogen-bond donors (Lipinski definition) is 2. The van der Waals surface area contributed by atoms with E-state index in [1.807, 2.05) is 18.2 Å². The van der Waals surface area contributed by atoms with Crippen LogP contribution in [0.15, 0.2) is 30.3 Å². The van der Waals surface area contributed by atoms with E-state index in [0.717, 1.165) is 0 Å². The van der Waals surface area contributed by atoms with Crippen molar-refractivity contribution in [3.8, 4) is 0 Å². The Balaban J connectivity index is 2.52. The predicted octanol–water partition coefficient (Wildman–Crippen LogP) is 1.48. The highest BCUT2D eigenvalue weighted by atomic mass is 32.2. The summed E-state index contributed by atoms with van der Waals surface area (Å²) in [6.45, 7) is 1.62. The Hall–Kier alpha value is -1.20. The highest BCUT2D eigenvalue weighted by Crippen LogP contribution is 2.08. The molecule has 0 aliphatic carbocycles. The van der Waals surface area contributed by atoms with Gasteiger partial charge in [0.15, 0.2) is 11.1 Å². The number of anilines is 1. The Kier molecular flexibility index (Phi) is 4.45. The summed E-state index contributed by atoms with van der Waals surface area (Å²) < 4.78 is 19.1. The molecule has 0 aliphatic rings. The molecule has 0 saturated heterocycles. The molecule has 1 amide bonds. The minimum absolute atomic E-state index is 0.0430. The Labute approximate surface area is 91.0 Å². The second-order valence-electron chi connectivity index (χ2n) is 3.24. The first-order chi connectivity index (χ1) is 7.09. The van der Waals surface area contributed by atoms with Gasteiger partial charge < -0.3 is 9.87 Å². The standard InChI is InChI=1S/C10H13NO3S/c1-8(7-15(13)14)10(12)11-9-5-3-2-4-6-9/h2-6,8H,7H2,1H3,(H,11,12)(H,13,14)/t8-/m1/s1. The van der Waals surface area contributed by atoms with Crippen LogP contribution < -0.4 is 5.32 Å². The highest BCUT2D eigenvalue weighted by molar-refractivity contribution is 7.79. The van der Waals surface area contributed by atoms with Gasteiger partial charge in [0.25, 0.3) is 0 Å². The van der Waals surface area contributed by atoms with Crippen LogP contribution >= 0.6 is 0 Å². The molecule has 2 atom stereocenters. The number of rotatable bonds is 4. The zero-order chi connectivity index (χ0) is 11.3. The first-order valence-corrected chi connectivity index (χ1v) is 5.80. The van der Waals surface area contributed by atoms with Crippen LogP contribution in [0.2, 0.25) is 0 Å². The second kappa shape index (κ2) is 5.63. The van der Waals surface area contributed by atoms with Crippen molar-refractivity contribution >= 4 is 22.7 Å². The third-order valence-corrected chi connectivity index (χ3v) is 2.67. The van der Waals surface area contributed by atoms with Crippen LogP contribution in [0.4, 0.5) is 5.69 Å². The van der Waals surface area contributed by atoms with Gasteiger partial charge in [-0.05, 0) is 12.1 Å². The fraction of sp³-hybridized carbons (Fsp3) is 0.300. The minimum atomic E-state index is -1.94. The fourth-order valence-electron chi connectivity index (χ4n) is 1.08. The molecule has 1 aromatic carbocycles. The number of amides is 1. The maximum atomic E-state index is 11.5. The number of hydrogen-bond acceptors (Lipinski definition) is 2. The maximum Gasteiger partial charge on any atom is 0.228 e. The quantitative estimate of drug-likeness (QED) is 0.766. The van der Waals surface area contributed by atoms with Crippen molar-refractivity contribution in [3.05, 3.63) is 30.3 Å². The van der Waals surface area contributed by atoms with E-state index in [2.05, 4.69) is 5.32 Å². The number of para-hydroxylation sites is 1. The molecule has 0 fully saturated rings. The van der Waals surface area contributed by atoms with Gasteiger partial charge >= 0.3 is 0 Å². The normalized spacial score (nSPS) is 14.3. The highest BCUT2D eigenvalue weighted by Gasteiger charge is 2.15. The van der Waals surface area contributed by atoms with Gasteiger partial charge in [-0.2, -0.15) is 0 Å². The van der Waals surface area contributed by atoms with E-state index >= 15 is 0 Å². The second-order valence-corrected chi connectivity index (χ2v) is 4.22. The van der Waals surface area contributed by atoms with Gasteiger partial charge in [-0.1, -0.05) is 25.1 Å². The molecular weight excluding hydrogens is 214 g/mol. The van der Waals surface area contributed by atoms with Crippen molar-refractivity contribution in [1.82, 2.24) is 0 Å². The smallest absolute Gasteiger partial charge is 0.228 e. The lowest BCUT2D eigenvalue weighted by Gasteiger charge is -2.09. The van der Waals surface area contributed by atoms with Crippen molar-refractivity contribution in [1.29, 1.82) is 0 Å². The summed E-state index contributed by atoms with van der Waals surface area (Å²) in [5.74, 6) is -0.766. The Bertz CT molecular complexity index is 353. The maximum absolute atomic E-state index is 11.5. The van der Waals surface area contributed by atoms with Gasteiger partial charge in [0.05, 0.1) is 5.75 Å². The summed E-state index contributed by atoms with van der Waals surface area (Å²) in [5.41, 5.74) is 0.693. The first kappa shape index (κ1) is 11.9. The molecule has 0 spiro atoms. The predicted molar refractivity (Wildman–Crippen MR) is 59.9 cm³/mol. The van der Waals surface area contributed by atoms with Crippen molar-refractivity contribution in [2.75, 3.05) is 11.1 Å². The third-order valence-electron chi connectivity index (χ3n) is 1.88. The van der Waals surface area contributed by atoms with E-state index in [9.17, 15) is 9.00 Å². The molecule has 4 nitrogen and oxygen atoms in total. The zero-order valence-corrected chi connectivity index (χ0v) is 9.16. The lowest BCUT2D eigenvalue weighted by atomic mass is 10.2. The summed E-state index contributed by atoms with van der Waals surface area (Å²) in [6.07, 6.45) is 0. The fourth-order valence-corrected chi connectivity index (χ4v) is 1.66. The van der Waals surface area contributed by atoms with E-state index in [1.165, 1.54) is 0 Å². The molecule has 0 heterocycles. The van der Waals surface area contributed by atoms with Crippen LogP contribution in [0, 0.1) is 5.92 Å².